The maximum atomic E-state index is 13.2. The van der Waals surface area contributed by atoms with Crippen molar-refractivity contribution in [3.63, 3.8) is 0 Å². The highest BCUT2D eigenvalue weighted by molar-refractivity contribution is 7.91. The van der Waals surface area contributed by atoms with Gasteiger partial charge in [0.15, 0.2) is 16.4 Å². The summed E-state index contributed by atoms with van der Waals surface area (Å²) in [5, 5.41) is 0. The molecule has 0 bridgehead atoms. The van der Waals surface area contributed by atoms with Gasteiger partial charge in [0.2, 0.25) is 0 Å². The molecule has 1 aliphatic rings. The van der Waals surface area contributed by atoms with Crippen molar-refractivity contribution in [2.45, 2.75) is 59.5 Å². The minimum atomic E-state index is -3.10. The number of carbonyl (C=O) groups is 1. The van der Waals surface area contributed by atoms with Crippen LogP contribution in [0.5, 0.6) is 5.75 Å². The summed E-state index contributed by atoms with van der Waals surface area (Å²) in [5.41, 5.74) is 5.36. The van der Waals surface area contributed by atoms with Crippen molar-refractivity contribution in [1.29, 1.82) is 0 Å². The number of ether oxygens (including phenoxy) is 1. The molecule has 5 nitrogen and oxygen atoms in total. The summed E-state index contributed by atoms with van der Waals surface area (Å²) < 4.78 is 30.1. The van der Waals surface area contributed by atoms with Crippen LogP contribution in [0, 0.1) is 20.8 Å². The fourth-order valence-electron chi connectivity index (χ4n) is 4.26. The van der Waals surface area contributed by atoms with Crippen molar-refractivity contribution in [3.8, 4) is 5.75 Å². The van der Waals surface area contributed by atoms with Gasteiger partial charge in [-0.1, -0.05) is 55.8 Å². The molecule has 0 saturated carbocycles. The van der Waals surface area contributed by atoms with Crippen LogP contribution >= 0.6 is 0 Å². The highest BCUT2D eigenvalue weighted by Gasteiger charge is 2.35. The lowest BCUT2D eigenvalue weighted by Crippen LogP contribution is -2.43. The number of carbonyl (C=O) groups excluding carboxylic acids is 1. The topological polar surface area (TPSA) is 63.7 Å². The smallest absolute Gasteiger partial charge is 0.261 e. The molecular weight excluding hydrogens is 410 g/mol. The second-order valence-corrected chi connectivity index (χ2v) is 11.2. The molecule has 1 aliphatic heterocycles. The Labute approximate surface area is 186 Å². The molecule has 0 aromatic heterocycles. The van der Waals surface area contributed by atoms with Crippen LogP contribution in [0.2, 0.25) is 0 Å². The van der Waals surface area contributed by atoms with Crippen LogP contribution in [0.1, 0.15) is 54.0 Å². The molecule has 3 rings (SSSR count). The third kappa shape index (κ3) is 5.88. The maximum Gasteiger partial charge on any atom is 0.261 e. The summed E-state index contributed by atoms with van der Waals surface area (Å²) in [6, 6.07) is 11.9. The largest absolute Gasteiger partial charge is 0.483 e. The molecule has 0 N–H and O–H groups in total. The van der Waals surface area contributed by atoms with Crippen LogP contribution in [0.15, 0.2) is 36.4 Å². The zero-order chi connectivity index (χ0) is 22.8. The minimum absolute atomic E-state index is 0.0193. The number of sulfone groups is 1. The van der Waals surface area contributed by atoms with E-state index < -0.39 is 9.84 Å². The molecule has 168 valence electrons. The van der Waals surface area contributed by atoms with Crippen LogP contribution in [0.4, 0.5) is 0 Å². The zero-order valence-corrected chi connectivity index (χ0v) is 20.0. The molecule has 2 aromatic rings. The maximum absolute atomic E-state index is 13.2. The van der Waals surface area contributed by atoms with E-state index in [0.29, 0.717) is 18.9 Å². The SMILES string of the molecule is Cc1cc(C)c(OCC(=O)N(Cc2ccc(C(C)C)cc2)[C@H]2CCS(=O)(=O)C2)c(C)c1. The van der Waals surface area contributed by atoms with Crippen molar-refractivity contribution in [2.75, 3.05) is 18.1 Å². The second kappa shape index (κ2) is 9.43. The van der Waals surface area contributed by atoms with Crippen LogP contribution in [0.3, 0.4) is 0 Å². The first-order valence-electron chi connectivity index (χ1n) is 10.8. The van der Waals surface area contributed by atoms with Crippen molar-refractivity contribution in [3.05, 3.63) is 64.2 Å². The number of hydrogen-bond acceptors (Lipinski definition) is 4. The van der Waals surface area contributed by atoms with Gasteiger partial charge in [-0.25, -0.2) is 8.42 Å². The molecule has 1 atom stereocenters. The Hall–Kier alpha value is -2.34. The van der Waals surface area contributed by atoms with Crippen molar-refractivity contribution >= 4 is 15.7 Å². The molecule has 0 radical (unpaired) electrons. The predicted molar refractivity (Wildman–Crippen MR) is 124 cm³/mol. The normalized spacial score (nSPS) is 17.7. The molecular formula is C25H33NO4S. The van der Waals surface area contributed by atoms with Crippen molar-refractivity contribution in [1.82, 2.24) is 4.90 Å². The molecule has 1 heterocycles. The van der Waals surface area contributed by atoms with Gasteiger partial charge in [0.05, 0.1) is 11.5 Å². The van der Waals surface area contributed by atoms with Crippen LogP contribution in [-0.4, -0.2) is 43.4 Å². The van der Waals surface area contributed by atoms with Crippen LogP contribution in [0.25, 0.3) is 0 Å². The van der Waals surface area contributed by atoms with Gasteiger partial charge in [-0.15, -0.1) is 0 Å². The number of amides is 1. The Morgan fingerprint density at radius 3 is 2.23 bits per heavy atom. The molecule has 1 saturated heterocycles. The first kappa shape index (κ1) is 23.3. The average Bonchev–Trinajstić information content (AvgIpc) is 3.04. The Morgan fingerprint density at radius 2 is 1.71 bits per heavy atom. The second-order valence-electron chi connectivity index (χ2n) is 8.99. The van der Waals surface area contributed by atoms with Gasteiger partial charge in [-0.3, -0.25) is 4.79 Å². The summed E-state index contributed by atoms with van der Waals surface area (Å²) in [6.07, 6.45) is 0.473. The monoisotopic (exact) mass is 443 g/mol. The molecule has 31 heavy (non-hydrogen) atoms. The number of hydrogen-bond donors (Lipinski definition) is 0. The summed E-state index contributed by atoms with van der Waals surface area (Å²) in [7, 11) is -3.10. The third-order valence-corrected chi connectivity index (χ3v) is 7.66. The Bertz CT molecular complexity index is 1020. The Balaban J connectivity index is 1.78. The Morgan fingerprint density at radius 1 is 1.10 bits per heavy atom. The summed E-state index contributed by atoms with van der Waals surface area (Å²) in [5.74, 6) is 1.12. The van der Waals surface area contributed by atoms with E-state index in [0.717, 1.165) is 28.0 Å². The molecule has 0 unspecified atom stereocenters. The van der Waals surface area contributed by atoms with E-state index in [2.05, 4.69) is 26.0 Å². The van der Waals surface area contributed by atoms with Gasteiger partial charge in [0, 0.05) is 12.6 Å². The lowest BCUT2D eigenvalue weighted by molar-refractivity contribution is -0.136. The van der Waals surface area contributed by atoms with Crippen molar-refractivity contribution in [2.24, 2.45) is 0 Å². The average molecular weight is 444 g/mol. The van der Waals surface area contributed by atoms with Gasteiger partial charge in [-0.2, -0.15) is 0 Å². The van der Waals surface area contributed by atoms with E-state index in [4.69, 9.17) is 4.74 Å². The van der Waals surface area contributed by atoms with Gasteiger partial charge in [0.1, 0.15) is 5.75 Å². The zero-order valence-electron chi connectivity index (χ0n) is 19.1. The lowest BCUT2D eigenvalue weighted by atomic mass is 10.0. The molecule has 0 spiro atoms. The molecule has 0 aliphatic carbocycles. The van der Waals surface area contributed by atoms with E-state index in [1.54, 1.807) is 4.90 Å². The summed E-state index contributed by atoms with van der Waals surface area (Å²) in [4.78, 5) is 14.9. The van der Waals surface area contributed by atoms with Crippen LogP contribution < -0.4 is 4.74 Å². The number of aryl methyl sites for hydroxylation is 3. The van der Waals surface area contributed by atoms with E-state index in [9.17, 15) is 13.2 Å². The van der Waals surface area contributed by atoms with E-state index >= 15 is 0 Å². The number of benzene rings is 2. The fourth-order valence-corrected chi connectivity index (χ4v) is 5.99. The number of rotatable bonds is 7. The van der Waals surface area contributed by atoms with Gasteiger partial charge < -0.3 is 9.64 Å². The highest BCUT2D eigenvalue weighted by atomic mass is 32.2. The molecule has 1 amide bonds. The summed E-state index contributed by atoms with van der Waals surface area (Å²) in [6.45, 7) is 10.5. The van der Waals surface area contributed by atoms with E-state index in [-0.39, 0.29) is 30.1 Å². The molecule has 1 fully saturated rings. The summed E-state index contributed by atoms with van der Waals surface area (Å²) >= 11 is 0. The predicted octanol–water partition coefficient (Wildman–Crippen LogP) is 4.33. The van der Waals surface area contributed by atoms with Gasteiger partial charge >= 0.3 is 0 Å². The standard InChI is InChI=1S/C25H33NO4S/c1-17(2)22-8-6-21(7-9-22)14-26(23-10-11-31(28,29)16-23)24(27)15-30-25-19(4)12-18(3)13-20(25)5/h6-9,12-13,17,23H,10-11,14-16H2,1-5H3/t23-/m0/s1. The highest BCUT2D eigenvalue weighted by Crippen LogP contribution is 2.26. The fraction of sp³-hybridized carbons (Fsp3) is 0.480. The number of nitrogens with zero attached hydrogens (tertiary/aromatic N) is 1. The molecule has 6 heteroatoms. The first-order valence-corrected chi connectivity index (χ1v) is 12.7. The Kier molecular flexibility index (Phi) is 7.10. The van der Waals surface area contributed by atoms with E-state index in [1.165, 1.54) is 5.56 Å². The third-order valence-electron chi connectivity index (χ3n) is 5.91. The van der Waals surface area contributed by atoms with Crippen LogP contribution in [-0.2, 0) is 21.2 Å². The van der Waals surface area contributed by atoms with Crippen molar-refractivity contribution < 1.29 is 17.9 Å². The van der Waals surface area contributed by atoms with Gasteiger partial charge in [-0.05, 0) is 55.4 Å². The van der Waals surface area contributed by atoms with Gasteiger partial charge in [0.25, 0.3) is 5.91 Å². The van der Waals surface area contributed by atoms with E-state index in [1.807, 2.05) is 45.0 Å². The minimum Gasteiger partial charge on any atom is -0.483 e. The lowest BCUT2D eigenvalue weighted by Gasteiger charge is -2.29. The quantitative estimate of drug-likeness (QED) is 0.639. The first-order chi connectivity index (χ1) is 14.6. The molecule has 2 aromatic carbocycles.